The van der Waals surface area contributed by atoms with Crippen molar-refractivity contribution >= 4 is 23.2 Å². The van der Waals surface area contributed by atoms with E-state index in [9.17, 15) is 22.8 Å². The highest BCUT2D eigenvalue weighted by Gasteiger charge is 2.48. The molecule has 0 unspecified atom stereocenters. The van der Waals surface area contributed by atoms with Gasteiger partial charge in [-0.25, -0.2) is 13.2 Å². The number of nitrogens with zero attached hydrogens (tertiary/aromatic N) is 2. The highest BCUT2D eigenvalue weighted by molar-refractivity contribution is 6.47. The number of anilines is 1. The zero-order valence-corrected chi connectivity index (χ0v) is 17.5. The number of rotatable bonds is 5. The predicted octanol–water partition coefficient (Wildman–Crippen LogP) is 4.04. The van der Waals surface area contributed by atoms with E-state index < -0.39 is 40.6 Å². The molecule has 9 heteroatoms. The molecular weight excluding hydrogens is 423 g/mol. The molecule has 4 rings (SSSR count). The minimum atomic E-state index is -1.35. The number of hydrogen-bond acceptors (Lipinski definition) is 4. The van der Waals surface area contributed by atoms with Gasteiger partial charge in [0.2, 0.25) is 5.91 Å². The maximum absolute atomic E-state index is 13.9. The Morgan fingerprint density at radius 3 is 2.38 bits per heavy atom. The molecule has 1 N–H and O–H groups in total. The molecular formula is C23H22F3N3O3. The van der Waals surface area contributed by atoms with Gasteiger partial charge in [-0.15, -0.1) is 0 Å². The average Bonchev–Trinajstić information content (AvgIpc) is 3.04. The first kappa shape index (κ1) is 21.9. The van der Waals surface area contributed by atoms with Gasteiger partial charge in [-0.1, -0.05) is 6.42 Å². The van der Waals surface area contributed by atoms with Crippen molar-refractivity contribution < 1.29 is 27.5 Å². The lowest BCUT2D eigenvalue weighted by Gasteiger charge is -2.38. The van der Waals surface area contributed by atoms with Crippen LogP contribution in [-0.4, -0.2) is 41.7 Å². The number of methoxy groups -OCH3 is 1. The Labute approximate surface area is 183 Å². The van der Waals surface area contributed by atoms with Crippen LogP contribution in [0.4, 0.5) is 18.9 Å². The number of aliphatic imine (C=N–C) groups is 1. The fourth-order valence-electron chi connectivity index (χ4n) is 4.24. The highest BCUT2D eigenvalue weighted by Crippen LogP contribution is 2.39. The van der Waals surface area contributed by atoms with Crippen LogP contribution < -0.4 is 10.1 Å². The second kappa shape index (κ2) is 8.64. The summed E-state index contributed by atoms with van der Waals surface area (Å²) in [5, 5.41) is 2.24. The first-order valence-corrected chi connectivity index (χ1v) is 10.3. The van der Waals surface area contributed by atoms with Gasteiger partial charge >= 0.3 is 0 Å². The number of carbonyl (C=O) groups is 2. The molecule has 0 bridgehead atoms. The van der Waals surface area contributed by atoms with E-state index in [1.807, 2.05) is 0 Å². The van der Waals surface area contributed by atoms with Crippen LogP contribution in [-0.2, 0) is 9.59 Å². The third-order valence-corrected chi connectivity index (χ3v) is 5.87. The van der Waals surface area contributed by atoms with E-state index >= 15 is 0 Å². The normalized spacial score (nSPS) is 17.4. The second-order valence-electron chi connectivity index (χ2n) is 7.92. The van der Waals surface area contributed by atoms with E-state index in [0.717, 1.165) is 19.3 Å². The molecule has 0 radical (unpaired) electrons. The van der Waals surface area contributed by atoms with E-state index in [1.54, 1.807) is 31.4 Å². The molecule has 6 nitrogen and oxygen atoms in total. The Hall–Kier alpha value is -3.36. The predicted molar refractivity (Wildman–Crippen MR) is 112 cm³/mol. The van der Waals surface area contributed by atoms with Gasteiger partial charge in [-0.3, -0.25) is 14.6 Å². The lowest BCUT2D eigenvalue weighted by atomic mass is 9.88. The van der Waals surface area contributed by atoms with Crippen molar-refractivity contribution in [3.05, 3.63) is 59.4 Å². The van der Waals surface area contributed by atoms with Crippen LogP contribution in [0.15, 0.2) is 41.4 Å². The van der Waals surface area contributed by atoms with Gasteiger partial charge in [0.05, 0.1) is 12.8 Å². The van der Waals surface area contributed by atoms with Gasteiger partial charge in [0.1, 0.15) is 29.5 Å². The van der Waals surface area contributed by atoms with E-state index in [4.69, 9.17) is 9.73 Å². The topological polar surface area (TPSA) is 71.0 Å². The fraction of sp³-hybridized carbons (Fsp3) is 0.348. The van der Waals surface area contributed by atoms with Gasteiger partial charge in [0.15, 0.2) is 11.6 Å². The molecule has 2 aliphatic rings. The summed E-state index contributed by atoms with van der Waals surface area (Å²) < 4.78 is 45.7. The molecule has 0 atom stereocenters. The van der Waals surface area contributed by atoms with Crippen LogP contribution in [0.5, 0.6) is 5.75 Å². The largest absolute Gasteiger partial charge is 0.497 e. The van der Waals surface area contributed by atoms with Crippen LogP contribution in [0.25, 0.3) is 0 Å². The molecule has 2 aromatic carbocycles. The Morgan fingerprint density at radius 2 is 1.72 bits per heavy atom. The SMILES string of the molecule is COc1ccc(C2=NC3(CCCCC3)N(CC(=O)Nc3cc(F)c(F)cc3F)C2=O)cc1. The van der Waals surface area contributed by atoms with E-state index in [0.29, 0.717) is 36.3 Å². The van der Waals surface area contributed by atoms with Crippen molar-refractivity contribution in [2.75, 3.05) is 19.0 Å². The summed E-state index contributed by atoms with van der Waals surface area (Å²) in [5.74, 6) is -4.23. The molecule has 0 aromatic heterocycles. The minimum Gasteiger partial charge on any atom is -0.497 e. The molecule has 1 heterocycles. The van der Waals surface area contributed by atoms with Crippen LogP contribution in [0.1, 0.15) is 37.7 Å². The number of benzene rings is 2. The van der Waals surface area contributed by atoms with Crippen LogP contribution in [0.2, 0.25) is 0 Å². The van der Waals surface area contributed by atoms with Crippen molar-refractivity contribution in [2.24, 2.45) is 4.99 Å². The molecule has 32 heavy (non-hydrogen) atoms. The first-order chi connectivity index (χ1) is 15.3. The Kier molecular flexibility index (Phi) is 5.90. The van der Waals surface area contributed by atoms with Crippen molar-refractivity contribution in [3.8, 4) is 5.75 Å². The number of ether oxygens (including phenoxy) is 1. The Balaban J connectivity index is 1.58. The summed E-state index contributed by atoms with van der Waals surface area (Å²) in [6.45, 7) is -0.388. The summed E-state index contributed by atoms with van der Waals surface area (Å²) >= 11 is 0. The number of halogens is 3. The fourth-order valence-corrected chi connectivity index (χ4v) is 4.24. The van der Waals surface area contributed by atoms with Crippen LogP contribution >= 0.6 is 0 Å². The van der Waals surface area contributed by atoms with Crippen molar-refractivity contribution in [2.45, 2.75) is 37.8 Å². The van der Waals surface area contributed by atoms with Gasteiger partial charge < -0.3 is 15.0 Å². The lowest BCUT2D eigenvalue weighted by molar-refractivity contribution is -0.134. The number of hydrogen-bond donors (Lipinski definition) is 1. The summed E-state index contributed by atoms with van der Waals surface area (Å²) in [7, 11) is 1.54. The summed E-state index contributed by atoms with van der Waals surface area (Å²) in [5.41, 5.74) is -0.486. The first-order valence-electron chi connectivity index (χ1n) is 10.3. The van der Waals surface area contributed by atoms with Gasteiger partial charge in [0, 0.05) is 17.7 Å². The van der Waals surface area contributed by atoms with E-state index in [2.05, 4.69) is 5.32 Å². The monoisotopic (exact) mass is 445 g/mol. The zero-order chi connectivity index (χ0) is 22.9. The second-order valence-corrected chi connectivity index (χ2v) is 7.92. The maximum atomic E-state index is 13.9. The molecule has 1 spiro atoms. The van der Waals surface area contributed by atoms with E-state index in [1.165, 1.54) is 4.90 Å². The zero-order valence-electron chi connectivity index (χ0n) is 17.5. The van der Waals surface area contributed by atoms with Gasteiger partial charge in [-0.05, 0) is 49.9 Å². The summed E-state index contributed by atoms with van der Waals surface area (Å²) in [6, 6.07) is 7.84. The van der Waals surface area contributed by atoms with Crippen molar-refractivity contribution in [1.29, 1.82) is 0 Å². The van der Waals surface area contributed by atoms with Gasteiger partial charge in [0.25, 0.3) is 5.91 Å². The molecule has 1 fully saturated rings. The maximum Gasteiger partial charge on any atom is 0.275 e. The van der Waals surface area contributed by atoms with Gasteiger partial charge in [-0.2, -0.15) is 0 Å². The van der Waals surface area contributed by atoms with E-state index in [-0.39, 0.29) is 12.3 Å². The standard InChI is InChI=1S/C23H22F3N3O3/c1-32-15-7-5-14(6-8-15)21-22(31)29(23(28-21)9-3-2-4-10-23)13-20(30)27-19-12-17(25)16(24)11-18(19)26/h5-8,11-12H,2-4,9-10,13H2,1H3,(H,27,30). The van der Waals surface area contributed by atoms with Crippen LogP contribution in [0, 0.1) is 17.5 Å². The quantitative estimate of drug-likeness (QED) is 0.706. The number of nitrogens with one attached hydrogen (secondary N) is 1. The third-order valence-electron chi connectivity index (χ3n) is 5.87. The number of carbonyl (C=O) groups excluding carboxylic acids is 2. The summed E-state index contributed by atoms with van der Waals surface area (Å²) in [4.78, 5) is 32.1. The van der Waals surface area contributed by atoms with Crippen molar-refractivity contribution in [1.82, 2.24) is 4.90 Å². The van der Waals surface area contributed by atoms with Crippen LogP contribution in [0.3, 0.4) is 0 Å². The Bertz CT molecular complexity index is 1080. The molecule has 2 amide bonds. The molecule has 1 aliphatic carbocycles. The van der Waals surface area contributed by atoms with Crippen molar-refractivity contribution in [3.63, 3.8) is 0 Å². The molecule has 168 valence electrons. The molecule has 1 saturated carbocycles. The molecule has 0 saturated heterocycles. The summed E-state index contributed by atoms with van der Waals surface area (Å²) in [6.07, 6.45) is 3.91. The highest BCUT2D eigenvalue weighted by atomic mass is 19.2. The number of amides is 2. The molecule has 1 aliphatic heterocycles. The Morgan fingerprint density at radius 1 is 1.06 bits per heavy atom. The third kappa shape index (κ3) is 4.06. The minimum absolute atomic E-state index is 0.251. The average molecular weight is 445 g/mol. The molecule has 2 aromatic rings. The lowest BCUT2D eigenvalue weighted by Crippen LogP contribution is -2.51. The smallest absolute Gasteiger partial charge is 0.275 e.